The van der Waals surface area contributed by atoms with Crippen LogP contribution < -0.4 is 10.1 Å². The molecule has 3 rings (SSSR count). The number of aryl methyl sites for hydroxylation is 1. The lowest BCUT2D eigenvalue weighted by molar-refractivity contribution is -0.133. The Kier molecular flexibility index (Phi) is 5.35. The summed E-state index contributed by atoms with van der Waals surface area (Å²) in [5.74, 6) is 1.09. The lowest BCUT2D eigenvalue weighted by Crippen LogP contribution is -2.47. The van der Waals surface area contributed by atoms with Crippen molar-refractivity contribution in [3.8, 4) is 5.75 Å². The predicted molar refractivity (Wildman–Crippen MR) is 92.2 cm³/mol. The second kappa shape index (κ2) is 7.66. The number of carbonyl (C=O) groups is 2. The molecule has 0 atom stereocenters. The number of nitrogens with one attached hydrogen (secondary N) is 1. The van der Waals surface area contributed by atoms with Crippen molar-refractivity contribution in [2.75, 3.05) is 45.2 Å². The highest BCUT2D eigenvalue weighted by molar-refractivity contribution is 5.94. The summed E-state index contributed by atoms with van der Waals surface area (Å²) in [5, 5.41) is 2.86. The van der Waals surface area contributed by atoms with Crippen molar-refractivity contribution >= 4 is 17.5 Å². The number of likely N-dealkylation sites (N-methyl/N-ethyl adjacent to an activating group) is 1. The Bertz CT molecular complexity index is 610. The van der Waals surface area contributed by atoms with E-state index in [0.717, 1.165) is 56.0 Å². The normalized spacial score (nSPS) is 18.0. The number of nitrogens with zero attached hydrogens (tertiary/aromatic N) is 2. The minimum absolute atomic E-state index is 0.0681. The van der Waals surface area contributed by atoms with Crippen molar-refractivity contribution in [3.63, 3.8) is 0 Å². The number of amides is 2. The Labute approximate surface area is 142 Å². The van der Waals surface area contributed by atoms with Gasteiger partial charge >= 0.3 is 0 Å². The summed E-state index contributed by atoms with van der Waals surface area (Å²) < 4.78 is 5.76. The molecule has 2 aliphatic heterocycles. The maximum atomic E-state index is 12.2. The number of hydrogen-bond acceptors (Lipinski definition) is 4. The zero-order chi connectivity index (χ0) is 16.9. The maximum Gasteiger partial charge on any atom is 0.224 e. The highest BCUT2D eigenvalue weighted by Gasteiger charge is 2.18. The second-order valence-corrected chi connectivity index (χ2v) is 6.50. The van der Waals surface area contributed by atoms with Crippen LogP contribution in [0.15, 0.2) is 18.2 Å². The fourth-order valence-corrected chi connectivity index (χ4v) is 3.08. The van der Waals surface area contributed by atoms with Crippen molar-refractivity contribution in [3.05, 3.63) is 23.8 Å². The smallest absolute Gasteiger partial charge is 0.224 e. The highest BCUT2D eigenvalue weighted by Crippen LogP contribution is 2.26. The molecule has 0 aliphatic carbocycles. The van der Waals surface area contributed by atoms with E-state index < -0.39 is 0 Å². The first-order valence-electron chi connectivity index (χ1n) is 8.64. The first-order chi connectivity index (χ1) is 11.6. The third-order valence-electron chi connectivity index (χ3n) is 4.63. The predicted octanol–water partition coefficient (Wildman–Crippen LogP) is 1.50. The lowest BCUT2D eigenvalue weighted by Gasteiger charge is -2.32. The van der Waals surface area contributed by atoms with Crippen LogP contribution in [0, 0.1) is 0 Å². The van der Waals surface area contributed by atoms with Gasteiger partial charge in [0.15, 0.2) is 0 Å². The second-order valence-electron chi connectivity index (χ2n) is 6.50. The third-order valence-corrected chi connectivity index (χ3v) is 4.63. The molecule has 2 aliphatic rings. The molecule has 1 saturated heterocycles. The summed E-state index contributed by atoms with van der Waals surface area (Å²) >= 11 is 0. The molecule has 130 valence electrons. The summed E-state index contributed by atoms with van der Waals surface area (Å²) in [4.78, 5) is 27.7. The van der Waals surface area contributed by atoms with Crippen molar-refractivity contribution < 1.29 is 14.3 Å². The number of hydrogen-bond donors (Lipinski definition) is 1. The van der Waals surface area contributed by atoms with Gasteiger partial charge in [0.2, 0.25) is 11.8 Å². The van der Waals surface area contributed by atoms with Gasteiger partial charge in [-0.05, 0) is 43.7 Å². The van der Waals surface area contributed by atoms with Crippen LogP contribution in [0.3, 0.4) is 0 Å². The molecule has 0 unspecified atom stereocenters. The summed E-state index contributed by atoms with van der Waals surface area (Å²) in [5.41, 5.74) is 1.99. The Morgan fingerprint density at radius 1 is 1.21 bits per heavy atom. The quantitative estimate of drug-likeness (QED) is 0.831. The van der Waals surface area contributed by atoms with Crippen LogP contribution in [0.25, 0.3) is 0 Å². The molecule has 1 fully saturated rings. The molecule has 0 bridgehead atoms. The van der Waals surface area contributed by atoms with Crippen LogP contribution in [0.4, 0.5) is 5.69 Å². The molecule has 1 aromatic carbocycles. The molecule has 0 saturated carbocycles. The summed E-state index contributed by atoms with van der Waals surface area (Å²) in [6.45, 7) is 4.09. The molecule has 1 N–H and O–H groups in total. The standard InChI is InChI=1S/C18H25N3O3/c1-20-8-10-21(11-9-20)18(23)3-2-12-24-15-5-6-16-14(13-15)4-7-17(22)19-16/h5-6,13H,2-4,7-12H2,1H3,(H,19,22). The van der Waals surface area contributed by atoms with E-state index in [9.17, 15) is 9.59 Å². The lowest BCUT2D eigenvalue weighted by atomic mass is 10.0. The fraction of sp³-hybridized carbons (Fsp3) is 0.556. The molecular formula is C18H25N3O3. The van der Waals surface area contributed by atoms with E-state index in [1.54, 1.807) is 0 Å². The van der Waals surface area contributed by atoms with Gasteiger partial charge in [-0.15, -0.1) is 0 Å². The van der Waals surface area contributed by atoms with E-state index in [-0.39, 0.29) is 11.8 Å². The van der Waals surface area contributed by atoms with Gasteiger partial charge in [-0.3, -0.25) is 9.59 Å². The third kappa shape index (κ3) is 4.26. The number of ether oxygens (including phenoxy) is 1. The van der Waals surface area contributed by atoms with Crippen LogP contribution in [-0.2, 0) is 16.0 Å². The minimum atomic E-state index is 0.0681. The average Bonchev–Trinajstić information content (AvgIpc) is 2.59. The highest BCUT2D eigenvalue weighted by atomic mass is 16.5. The van der Waals surface area contributed by atoms with E-state index in [4.69, 9.17) is 4.74 Å². The largest absolute Gasteiger partial charge is 0.494 e. The molecule has 2 heterocycles. The van der Waals surface area contributed by atoms with E-state index in [0.29, 0.717) is 19.4 Å². The van der Waals surface area contributed by atoms with E-state index >= 15 is 0 Å². The number of fused-ring (bicyclic) bond motifs is 1. The van der Waals surface area contributed by atoms with Gasteiger partial charge in [0.05, 0.1) is 6.61 Å². The van der Waals surface area contributed by atoms with Gasteiger partial charge < -0.3 is 19.9 Å². The summed E-state index contributed by atoms with van der Waals surface area (Å²) in [7, 11) is 2.08. The molecule has 2 amide bonds. The SMILES string of the molecule is CN1CCN(C(=O)CCCOc2ccc3c(c2)CCC(=O)N3)CC1. The number of piperazine rings is 1. The van der Waals surface area contributed by atoms with E-state index in [1.165, 1.54) is 0 Å². The molecule has 0 spiro atoms. The fourth-order valence-electron chi connectivity index (χ4n) is 3.08. The molecule has 6 heteroatoms. The van der Waals surface area contributed by atoms with Crippen LogP contribution in [-0.4, -0.2) is 61.4 Å². The van der Waals surface area contributed by atoms with E-state index in [1.807, 2.05) is 23.1 Å². The van der Waals surface area contributed by atoms with Gasteiger partial charge in [0.25, 0.3) is 0 Å². The summed E-state index contributed by atoms with van der Waals surface area (Å²) in [6.07, 6.45) is 2.53. The number of carbonyl (C=O) groups excluding carboxylic acids is 2. The number of rotatable bonds is 5. The molecule has 6 nitrogen and oxygen atoms in total. The monoisotopic (exact) mass is 331 g/mol. The maximum absolute atomic E-state index is 12.2. The van der Waals surface area contributed by atoms with Gasteiger partial charge in [-0.1, -0.05) is 0 Å². The molecule has 0 radical (unpaired) electrons. The molecular weight excluding hydrogens is 306 g/mol. The molecule has 0 aromatic heterocycles. The zero-order valence-corrected chi connectivity index (χ0v) is 14.2. The van der Waals surface area contributed by atoms with Gasteiger partial charge in [0.1, 0.15) is 5.75 Å². The van der Waals surface area contributed by atoms with Crippen molar-refractivity contribution in [2.24, 2.45) is 0 Å². The zero-order valence-electron chi connectivity index (χ0n) is 14.2. The van der Waals surface area contributed by atoms with Gasteiger partial charge in [-0.25, -0.2) is 0 Å². The molecule has 24 heavy (non-hydrogen) atoms. The Morgan fingerprint density at radius 2 is 2.00 bits per heavy atom. The first kappa shape index (κ1) is 16.8. The molecule has 1 aromatic rings. The van der Waals surface area contributed by atoms with Crippen LogP contribution in [0.1, 0.15) is 24.8 Å². The van der Waals surface area contributed by atoms with Crippen molar-refractivity contribution in [2.45, 2.75) is 25.7 Å². The topological polar surface area (TPSA) is 61.9 Å². The minimum Gasteiger partial charge on any atom is -0.494 e. The van der Waals surface area contributed by atoms with Crippen LogP contribution in [0.5, 0.6) is 5.75 Å². The Hall–Kier alpha value is -2.08. The van der Waals surface area contributed by atoms with Crippen LogP contribution >= 0.6 is 0 Å². The number of benzene rings is 1. The van der Waals surface area contributed by atoms with Crippen molar-refractivity contribution in [1.82, 2.24) is 9.80 Å². The summed E-state index contributed by atoms with van der Waals surface area (Å²) in [6, 6.07) is 5.74. The van der Waals surface area contributed by atoms with Crippen molar-refractivity contribution in [1.29, 1.82) is 0 Å². The van der Waals surface area contributed by atoms with Gasteiger partial charge in [0, 0.05) is 44.7 Å². The van der Waals surface area contributed by atoms with Crippen LogP contribution in [0.2, 0.25) is 0 Å². The first-order valence-corrected chi connectivity index (χ1v) is 8.64. The Morgan fingerprint density at radius 3 is 2.79 bits per heavy atom. The Balaban J connectivity index is 1.40. The number of anilines is 1. The average molecular weight is 331 g/mol. The van der Waals surface area contributed by atoms with E-state index in [2.05, 4.69) is 17.3 Å². The van der Waals surface area contributed by atoms with Gasteiger partial charge in [-0.2, -0.15) is 0 Å².